The van der Waals surface area contributed by atoms with Crippen molar-refractivity contribution in [1.82, 2.24) is 0 Å². The van der Waals surface area contributed by atoms with Crippen molar-refractivity contribution in [1.29, 1.82) is 0 Å². The van der Waals surface area contributed by atoms with Gasteiger partial charge in [-0.3, -0.25) is 9.59 Å². The van der Waals surface area contributed by atoms with Crippen LogP contribution in [0.2, 0.25) is 5.02 Å². The summed E-state index contributed by atoms with van der Waals surface area (Å²) in [4.78, 5) is 24.0. The number of esters is 1. The highest BCUT2D eigenvalue weighted by atomic mass is 35.5. The molecule has 1 unspecified atom stereocenters. The van der Waals surface area contributed by atoms with Crippen LogP contribution in [0.3, 0.4) is 0 Å². The van der Waals surface area contributed by atoms with Crippen LogP contribution in [-0.4, -0.2) is 23.7 Å². The van der Waals surface area contributed by atoms with Crippen molar-refractivity contribution in [2.75, 3.05) is 6.61 Å². The Morgan fingerprint density at radius 2 is 1.95 bits per heavy atom. The fourth-order valence-corrected chi connectivity index (χ4v) is 2.03. The lowest BCUT2D eigenvalue weighted by molar-refractivity contribution is -0.161. The molecule has 108 valence electrons. The zero-order valence-corrected chi connectivity index (χ0v) is 12.2. The number of benzene rings is 1. The van der Waals surface area contributed by atoms with Crippen molar-refractivity contribution in [2.24, 2.45) is 0 Å². The second kappa shape index (κ2) is 7.10. The molecular weight excluding hydrogens is 280 g/mol. The van der Waals surface area contributed by atoms with Gasteiger partial charge in [-0.15, -0.1) is 0 Å². The molecule has 4 nitrogen and oxygen atoms in total. The summed E-state index contributed by atoms with van der Waals surface area (Å²) in [5, 5.41) is 10.1. The predicted molar refractivity (Wildman–Crippen MR) is 76.8 cm³/mol. The molecule has 0 saturated heterocycles. The SMILES string of the molecule is C/C=C/CC(C(=O)O)(C(=O)OCC)c1ccc(Cl)cc1. The van der Waals surface area contributed by atoms with E-state index in [-0.39, 0.29) is 13.0 Å². The number of aliphatic carboxylic acids is 1. The topological polar surface area (TPSA) is 63.6 Å². The number of ether oxygens (including phenoxy) is 1. The highest BCUT2D eigenvalue weighted by Gasteiger charge is 2.48. The van der Waals surface area contributed by atoms with E-state index in [0.717, 1.165) is 0 Å². The molecule has 0 aromatic heterocycles. The molecular formula is C15H17ClO4. The van der Waals surface area contributed by atoms with Gasteiger partial charge in [0.25, 0.3) is 0 Å². The minimum atomic E-state index is -1.74. The molecule has 0 aliphatic heterocycles. The maximum Gasteiger partial charge on any atom is 0.328 e. The lowest BCUT2D eigenvalue weighted by Gasteiger charge is -2.26. The third-order valence-electron chi connectivity index (χ3n) is 2.99. The van der Waals surface area contributed by atoms with Crippen molar-refractivity contribution in [3.63, 3.8) is 0 Å². The van der Waals surface area contributed by atoms with Gasteiger partial charge in [-0.25, -0.2) is 0 Å². The van der Waals surface area contributed by atoms with Gasteiger partial charge in [0.2, 0.25) is 0 Å². The van der Waals surface area contributed by atoms with Crippen LogP contribution in [-0.2, 0) is 19.7 Å². The van der Waals surface area contributed by atoms with E-state index in [0.29, 0.717) is 10.6 Å². The number of carbonyl (C=O) groups excluding carboxylic acids is 1. The number of carboxylic acid groups (broad SMARTS) is 1. The largest absolute Gasteiger partial charge is 0.480 e. The molecule has 0 saturated carbocycles. The summed E-state index contributed by atoms with van der Waals surface area (Å²) in [5.74, 6) is -2.01. The number of carboxylic acids is 1. The molecule has 20 heavy (non-hydrogen) atoms. The van der Waals surface area contributed by atoms with E-state index >= 15 is 0 Å². The van der Waals surface area contributed by atoms with E-state index in [1.807, 2.05) is 0 Å². The van der Waals surface area contributed by atoms with E-state index in [4.69, 9.17) is 16.3 Å². The molecule has 1 N–H and O–H groups in total. The first kappa shape index (κ1) is 16.2. The Bertz CT molecular complexity index is 507. The smallest absolute Gasteiger partial charge is 0.328 e. The molecule has 1 atom stereocenters. The first-order chi connectivity index (χ1) is 9.48. The highest BCUT2D eigenvalue weighted by Crippen LogP contribution is 2.32. The van der Waals surface area contributed by atoms with Gasteiger partial charge in [-0.2, -0.15) is 0 Å². The molecule has 0 aliphatic rings. The molecule has 0 aliphatic carbocycles. The summed E-state index contributed by atoms with van der Waals surface area (Å²) in [6, 6.07) is 6.20. The van der Waals surface area contributed by atoms with Gasteiger partial charge < -0.3 is 9.84 Å². The van der Waals surface area contributed by atoms with E-state index in [1.165, 1.54) is 12.1 Å². The first-order valence-corrected chi connectivity index (χ1v) is 6.64. The van der Waals surface area contributed by atoms with Crippen molar-refractivity contribution < 1.29 is 19.4 Å². The van der Waals surface area contributed by atoms with Gasteiger partial charge in [-0.1, -0.05) is 35.9 Å². The standard InChI is InChI=1S/C15H17ClO4/c1-3-5-10-15(13(17)18,14(19)20-4-2)11-6-8-12(16)9-7-11/h3,5-9H,4,10H2,1-2H3,(H,17,18)/b5-3+. The number of hydrogen-bond acceptors (Lipinski definition) is 3. The van der Waals surface area contributed by atoms with Gasteiger partial charge in [0, 0.05) is 5.02 Å². The van der Waals surface area contributed by atoms with Crippen LogP contribution >= 0.6 is 11.6 Å². The summed E-state index contributed by atoms with van der Waals surface area (Å²) in [6.07, 6.45) is 3.37. The highest BCUT2D eigenvalue weighted by molar-refractivity contribution is 6.30. The first-order valence-electron chi connectivity index (χ1n) is 6.26. The molecule has 0 amide bonds. The second-order valence-corrected chi connectivity index (χ2v) is 4.65. The van der Waals surface area contributed by atoms with E-state index in [2.05, 4.69) is 0 Å². The molecule has 1 rings (SSSR count). The van der Waals surface area contributed by atoms with Crippen LogP contribution in [0.4, 0.5) is 0 Å². The average Bonchev–Trinajstić information content (AvgIpc) is 2.41. The van der Waals surface area contributed by atoms with Crippen molar-refractivity contribution in [2.45, 2.75) is 25.7 Å². The van der Waals surface area contributed by atoms with Gasteiger partial charge in [0.1, 0.15) is 0 Å². The van der Waals surface area contributed by atoms with Crippen molar-refractivity contribution >= 4 is 23.5 Å². The van der Waals surface area contributed by atoms with E-state index in [9.17, 15) is 14.7 Å². The van der Waals surface area contributed by atoms with Crippen LogP contribution in [0, 0.1) is 0 Å². The molecule has 0 bridgehead atoms. The predicted octanol–water partition coefficient (Wildman–Crippen LogP) is 3.19. The second-order valence-electron chi connectivity index (χ2n) is 4.21. The average molecular weight is 297 g/mol. The number of carbonyl (C=O) groups is 2. The zero-order chi connectivity index (χ0) is 15.2. The Kier molecular flexibility index (Phi) is 5.77. The van der Waals surface area contributed by atoms with Gasteiger partial charge >= 0.3 is 11.9 Å². The van der Waals surface area contributed by atoms with Crippen LogP contribution in [0.5, 0.6) is 0 Å². The van der Waals surface area contributed by atoms with Gasteiger partial charge in [0.05, 0.1) is 6.61 Å². The maximum atomic E-state index is 12.2. The Morgan fingerprint density at radius 3 is 2.40 bits per heavy atom. The van der Waals surface area contributed by atoms with Crippen LogP contribution < -0.4 is 0 Å². The monoisotopic (exact) mass is 296 g/mol. The normalized spacial score (nSPS) is 13.9. The lowest BCUT2D eigenvalue weighted by Crippen LogP contribution is -2.44. The zero-order valence-electron chi connectivity index (χ0n) is 11.4. The van der Waals surface area contributed by atoms with Crippen molar-refractivity contribution in [3.05, 3.63) is 47.0 Å². The number of allylic oxidation sites excluding steroid dienone is 2. The van der Waals surface area contributed by atoms with Gasteiger partial charge in [-0.05, 0) is 38.0 Å². The quantitative estimate of drug-likeness (QED) is 0.497. The van der Waals surface area contributed by atoms with Crippen LogP contribution in [0.1, 0.15) is 25.8 Å². The minimum Gasteiger partial charge on any atom is -0.480 e. The Morgan fingerprint density at radius 1 is 1.35 bits per heavy atom. The fraction of sp³-hybridized carbons (Fsp3) is 0.333. The lowest BCUT2D eigenvalue weighted by atomic mass is 9.77. The molecule has 0 radical (unpaired) electrons. The molecule has 0 fully saturated rings. The summed E-state index contributed by atoms with van der Waals surface area (Å²) >= 11 is 5.81. The molecule has 5 heteroatoms. The molecule has 1 aromatic rings. The summed E-state index contributed by atoms with van der Waals surface area (Å²) in [7, 11) is 0. The Labute approximate surface area is 123 Å². The number of hydrogen-bond donors (Lipinski definition) is 1. The summed E-state index contributed by atoms with van der Waals surface area (Å²) in [6.45, 7) is 3.53. The van der Waals surface area contributed by atoms with E-state index < -0.39 is 17.4 Å². The van der Waals surface area contributed by atoms with Crippen molar-refractivity contribution in [3.8, 4) is 0 Å². The number of rotatable bonds is 6. The van der Waals surface area contributed by atoms with E-state index in [1.54, 1.807) is 38.1 Å². The van der Waals surface area contributed by atoms with Crippen LogP contribution in [0.15, 0.2) is 36.4 Å². The molecule has 0 spiro atoms. The minimum absolute atomic E-state index is 0.0271. The Hall–Kier alpha value is -1.81. The third kappa shape index (κ3) is 3.20. The Balaban J connectivity index is 3.39. The summed E-state index contributed by atoms with van der Waals surface area (Å²) in [5.41, 5.74) is -1.39. The third-order valence-corrected chi connectivity index (χ3v) is 3.24. The summed E-state index contributed by atoms with van der Waals surface area (Å²) < 4.78 is 4.96. The maximum absolute atomic E-state index is 12.2. The molecule has 0 heterocycles. The molecule has 1 aromatic carbocycles. The number of halogens is 1. The van der Waals surface area contributed by atoms with Crippen LogP contribution in [0.25, 0.3) is 0 Å². The van der Waals surface area contributed by atoms with Gasteiger partial charge in [0.15, 0.2) is 5.41 Å². The fourth-order valence-electron chi connectivity index (χ4n) is 1.90.